The average Bonchev–Trinajstić information content (AvgIpc) is 2.15. The third-order valence-corrected chi connectivity index (χ3v) is 2.38. The zero-order chi connectivity index (χ0) is 12.5. The number of hydrogen-bond donors (Lipinski definition) is 1. The van der Waals surface area contributed by atoms with E-state index in [0.717, 1.165) is 0 Å². The molecule has 0 aliphatic heterocycles. The van der Waals surface area contributed by atoms with Crippen LogP contribution in [0.1, 0.15) is 42.6 Å². The predicted molar refractivity (Wildman–Crippen MR) is 61.6 cm³/mol. The zero-order valence-corrected chi connectivity index (χ0v) is 9.48. The Morgan fingerprint density at radius 2 is 2.00 bits per heavy atom. The minimum absolute atomic E-state index is 0.0289. The minimum Gasteiger partial charge on any atom is -0.398 e. The summed E-state index contributed by atoms with van der Waals surface area (Å²) in [7, 11) is 0. The summed E-state index contributed by atoms with van der Waals surface area (Å²) in [6, 6.07) is 2.75. The molecule has 0 amide bonds. The summed E-state index contributed by atoms with van der Waals surface area (Å²) < 4.78 is 0. The monoisotopic (exact) mass is 222 g/mol. The SMILES string of the molecule is CC(=O)c1c([N+](=O)[O-])ccc(N)c1C(C)C. The number of nitro groups is 1. The number of Topliss-reactive ketones (excluding diaryl/α,β-unsaturated/α-hetero) is 1. The predicted octanol–water partition coefficient (Wildman–Crippen LogP) is 2.50. The molecule has 0 unspecified atom stereocenters. The van der Waals surface area contributed by atoms with Crippen LogP contribution in [0, 0.1) is 10.1 Å². The number of carbonyl (C=O) groups is 1. The van der Waals surface area contributed by atoms with Gasteiger partial charge < -0.3 is 5.73 Å². The van der Waals surface area contributed by atoms with Gasteiger partial charge >= 0.3 is 0 Å². The van der Waals surface area contributed by atoms with Gasteiger partial charge in [0.15, 0.2) is 5.78 Å². The Labute approximate surface area is 93.4 Å². The molecule has 0 radical (unpaired) electrons. The smallest absolute Gasteiger partial charge is 0.280 e. The second-order valence-corrected chi connectivity index (χ2v) is 3.93. The molecule has 0 atom stereocenters. The Kier molecular flexibility index (Phi) is 3.27. The highest BCUT2D eigenvalue weighted by Gasteiger charge is 2.24. The third kappa shape index (κ3) is 2.03. The lowest BCUT2D eigenvalue weighted by Crippen LogP contribution is -2.09. The molecule has 0 heterocycles. The Hall–Kier alpha value is -1.91. The number of benzene rings is 1. The van der Waals surface area contributed by atoms with Crippen molar-refractivity contribution in [3.8, 4) is 0 Å². The van der Waals surface area contributed by atoms with Crippen LogP contribution < -0.4 is 5.73 Å². The fraction of sp³-hybridized carbons (Fsp3) is 0.364. The van der Waals surface area contributed by atoms with Crippen molar-refractivity contribution in [1.82, 2.24) is 0 Å². The van der Waals surface area contributed by atoms with Crippen molar-refractivity contribution in [2.75, 3.05) is 5.73 Å². The van der Waals surface area contributed by atoms with Crippen LogP contribution in [0.4, 0.5) is 11.4 Å². The molecule has 0 saturated carbocycles. The van der Waals surface area contributed by atoms with Gasteiger partial charge in [0, 0.05) is 11.8 Å². The minimum atomic E-state index is -0.554. The van der Waals surface area contributed by atoms with Crippen molar-refractivity contribution in [3.63, 3.8) is 0 Å². The van der Waals surface area contributed by atoms with E-state index in [1.165, 1.54) is 19.1 Å². The lowest BCUT2D eigenvalue weighted by Gasteiger charge is -2.13. The molecule has 0 aliphatic carbocycles. The van der Waals surface area contributed by atoms with Gasteiger partial charge in [0.05, 0.1) is 4.92 Å². The van der Waals surface area contributed by atoms with Crippen molar-refractivity contribution in [2.24, 2.45) is 0 Å². The Balaban J connectivity index is 3.63. The summed E-state index contributed by atoms with van der Waals surface area (Å²) in [5.74, 6) is -0.360. The van der Waals surface area contributed by atoms with Crippen LogP contribution in [-0.2, 0) is 0 Å². The zero-order valence-electron chi connectivity index (χ0n) is 9.48. The second-order valence-electron chi connectivity index (χ2n) is 3.93. The molecule has 0 aromatic heterocycles. The summed E-state index contributed by atoms with van der Waals surface area (Å²) in [4.78, 5) is 21.8. The molecule has 0 spiro atoms. The number of rotatable bonds is 3. The van der Waals surface area contributed by atoms with Crippen LogP contribution in [0.15, 0.2) is 12.1 Å². The average molecular weight is 222 g/mol. The number of anilines is 1. The maximum absolute atomic E-state index is 11.5. The van der Waals surface area contributed by atoms with Crippen LogP contribution in [0.5, 0.6) is 0 Å². The number of carbonyl (C=O) groups excluding carboxylic acids is 1. The van der Waals surface area contributed by atoms with Crippen LogP contribution in [0.3, 0.4) is 0 Å². The highest BCUT2D eigenvalue weighted by atomic mass is 16.6. The van der Waals surface area contributed by atoms with Gasteiger partial charge in [-0.1, -0.05) is 13.8 Å². The van der Waals surface area contributed by atoms with E-state index in [2.05, 4.69) is 0 Å². The van der Waals surface area contributed by atoms with Crippen molar-refractivity contribution >= 4 is 17.2 Å². The maximum atomic E-state index is 11.5. The standard InChI is InChI=1S/C11H14N2O3/c1-6(2)10-8(12)4-5-9(13(15)16)11(10)7(3)14/h4-6H,12H2,1-3H3. The number of nitro benzene ring substituents is 1. The fourth-order valence-electron chi connectivity index (χ4n) is 1.77. The van der Waals surface area contributed by atoms with Crippen LogP contribution in [0.25, 0.3) is 0 Å². The van der Waals surface area contributed by atoms with E-state index < -0.39 is 4.92 Å². The van der Waals surface area contributed by atoms with Gasteiger partial charge in [-0.3, -0.25) is 14.9 Å². The molecule has 1 aromatic rings. The lowest BCUT2D eigenvalue weighted by molar-refractivity contribution is -0.385. The van der Waals surface area contributed by atoms with E-state index in [-0.39, 0.29) is 23.0 Å². The number of nitrogens with zero attached hydrogens (tertiary/aromatic N) is 1. The molecule has 16 heavy (non-hydrogen) atoms. The van der Waals surface area contributed by atoms with E-state index in [1.807, 2.05) is 13.8 Å². The molecule has 1 rings (SSSR count). The molecule has 5 heteroatoms. The molecule has 0 aliphatic rings. The lowest BCUT2D eigenvalue weighted by atomic mass is 9.92. The number of nitrogens with two attached hydrogens (primary N) is 1. The normalized spacial score (nSPS) is 10.5. The van der Waals surface area contributed by atoms with Crippen LogP contribution in [0.2, 0.25) is 0 Å². The highest BCUT2D eigenvalue weighted by Crippen LogP contribution is 2.32. The molecule has 2 N–H and O–H groups in total. The first-order valence-corrected chi connectivity index (χ1v) is 4.94. The van der Waals surface area contributed by atoms with Gasteiger partial charge in [-0.2, -0.15) is 0 Å². The number of ketones is 1. The van der Waals surface area contributed by atoms with E-state index in [1.54, 1.807) is 0 Å². The highest BCUT2D eigenvalue weighted by molar-refractivity contribution is 6.01. The van der Waals surface area contributed by atoms with E-state index >= 15 is 0 Å². The van der Waals surface area contributed by atoms with Gasteiger partial charge in [0.25, 0.3) is 5.69 Å². The summed E-state index contributed by atoms with van der Waals surface area (Å²) >= 11 is 0. The first-order chi connectivity index (χ1) is 7.36. The molecule has 0 saturated heterocycles. The van der Waals surface area contributed by atoms with Crippen LogP contribution >= 0.6 is 0 Å². The molecular weight excluding hydrogens is 208 g/mol. The molecule has 0 bridgehead atoms. The number of nitrogen functional groups attached to an aromatic ring is 1. The summed E-state index contributed by atoms with van der Waals surface area (Å²) in [6.07, 6.45) is 0. The molecule has 86 valence electrons. The Morgan fingerprint density at radius 1 is 1.44 bits per heavy atom. The van der Waals surface area contributed by atoms with Crippen molar-refractivity contribution < 1.29 is 9.72 Å². The Bertz CT molecular complexity index is 453. The topological polar surface area (TPSA) is 86.2 Å². The second kappa shape index (κ2) is 4.30. The van der Waals surface area contributed by atoms with Gasteiger partial charge in [0.2, 0.25) is 0 Å². The summed E-state index contributed by atoms with van der Waals surface area (Å²) in [6.45, 7) is 5.01. The van der Waals surface area contributed by atoms with E-state index in [4.69, 9.17) is 5.73 Å². The summed E-state index contributed by atoms with van der Waals surface area (Å²) in [5, 5.41) is 10.8. The van der Waals surface area contributed by atoms with Gasteiger partial charge in [0.1, 0.15) is 5.56 Å². The molecular formula is C11H14N2O3. The first kappa shape index (κ1) is 12.2. The van der Waals surface area contributed by atoms with Crippen molar-refractivity contribution in [2.45, 2.75) is 26.7 Å². The molecule has 0 fully saturated rings. The van der Waals surface area contributed by atoms with E-state index in [0.29, 0.717) is 11.3 Å². The first-order valence-electron chi connectivity index (χ1n) is 4.94. The Morgan fingerprint density at radius 3 is 2.38 bits per heavy atom. The van der Waals surface area contributed by atoms with Gasteiger partial charge in [-0.05, 0) is 24.5 Å². The summed E-state index contributed by atoms with van der Waals surface area (Å²) in [5.41, 5.74) is 6.68. The third-order valence-electron chi connectivity index (χ3n) is 2.38. The van der Waals surface area contributed by atoms with E-state index in [9.17, 15) is 14.9 Å². The van der Waals surface area contributed by atoms with Gasteiger partial charge in [-0.25, -0.2) is 0 Å². The van der Waals surface area contributed by atoms with Crippen LogP contribution in [-0.4, -0.2) is 10.7 Å². The largest absolute Gasteiger partial charge is 0.398 e. The quantitative estimate of drug-likeness (QED) is 0.368. The molecule has 1 aromatic carbocycles. The van der Waals surface area contributed by atoms with Crippen molar-refractivity contribution in [3.05, 3.63) is 33.4 Å². The van der Waals surface area contributed by atoms with Crippen molar-refractivity contribution in [1.29, 1.82) is 0 Å². The number of hydrogen-bond acceptors (Lipinski definition) is 4. The maximum Gasteiger partial charge on any atom is 0.280 e. The fourth-order valence-corrected chi connectivity index (χ4v) is 1.77. The van der Waals surface area contributed by atoms with Gasteiger partial charge in [-0.15, -0.1) is 0 Å². The molecule has 5 nitrogen and oxygen atoms in total.